The summed E-state index contributed by atoms with van der Waals surface area (Å²) < 4.78 is 32.7. The fraction of sp³-hybridized carbons (Fsp3) is 0.273. The van der Waals surface area contributed by atoms with Gasteiger partial charge in [-0.2, -0.15) is 4.31 Å². The summed E-state index contributed by atoms with van der Waals surface area (Å²) in [5, 5.41) is 6.09. The second kappa shape index (κ2) is 9.68. The minimum absolute atomic E-state index is 0.0868. The average Bonchev–Trinajstić information content (AvgIpc) is 3.24. The van der Waals surface area contributed by atoms with Crippen LogP contribution in [0.2, 0.25) is 5.02 Å². The highest BCUT2D eigenvalue weighted by Gasteiger charge is 2.28. The molecule has 0 unspecified atom stereocenters. The summed E-state index contributed by atoms with van der Waals surface area (Å²) in [6.07, 6.45) is 0.0868. The highest BCUT2D eigenvalue weighted by Crippen LogP contribution is 2.26. The van der Waals surface area contributed by atoms with E-state index in [2.05, 4.69) is 10.3 Å². The van der Waals surface area contributed by atoms with Gasteiger partial charge in [0.2, 0.25) is 15.9 Å². The van der Waals surface area contributed by atoms with Crippen LogP contribution in [0.15, 0.2) is 52.7 Å². The number of ether oxygens (including phenoxy) is 1. The Hall–Kier alpha value is -2.30. The third kappa shape index (κ3) is 5.19. The summed E-state index contributed by atoms with van der Waals surface area (Å²) in [5.74, 6) is -0.267. The predicted octanol–water partition coefficient (Wildman–Crippen LogP) is 3.97. The van der Waals surface area contributed by atoms with Crippen molar-refractivity contribution in [1.82, 2.24) is 9.29 Å². The lowest BCUT2D eigenvalue weighted by Gasteiger charge is -2.26. The van der Waals surface area contributed by atoms with Crippen LogP contribution in [-0.4, -0.2) is 49.9 Å². The fourth-order valence-electron chi connectivity index (χ4n) is 3.36. The topological polar surface area (TPSA) is 88.6 Å². The van der Waals surface area contributed by atoms with Crippen molar-refractivity contribution in [3.05, 3.63) is 64.1 Å². The van der Waals surface area contributed by atoms with Crippen LogP contribution in [-0.2, 0) is 26.0 Å². The molecule has 4 rings (SSSR count). The number of anilines is 1. The van der Waals surface area contributed by atoms with Gasteiger partial charge in [-0.25, -0.2) is 13.4 Å². The summed E-state index contributed by atoms with van der Waals surface area (Å²) in [6, 6.07) is 12.3. The predicted molar refractivity (Wildman–Crippen MR) is 126 cm³/mol. The van der Waals surface area contributed by atoms with E-state index >= 15 is 0 Å². The Bertz CT molecular complexity index is 1220. The molecule has 0 bridgehead atoms. The molecule has 32 heavy (non-hydrogen) atoms. The molecule has 1 aliphatic rings. The van der Waals surface area contributed by atoms with E-state index in [0.29, 0.717) is 48.3 Å². The van der Waals surface area contributed by atoms with Gasteiger partial charge in [0.15, 0.2) is 0 Å². The lowest BCUT2D eigenvalue weighted by molar-refractivity contribution is -0.115. The summed E-state index contributed by atoms with van der Waals surface area (Å²) in [6.45, 7) is 3.13. The van der Waals surface area contributed by atoms with E-state index in [0.717, 1.165) is 10.6 Å². The Morgan fingerprint density at radius 1 is 1.19 bits per heavy atom. The second-order valence-electron chi connectivity index (χ2n) is 7.37. The first-order valence-corrected chi connectivity index (χ1v) is 12.7. The Balaban J connectivity index is 1.46. The number of amides is 1. The zero-order valence-corrected chi connectivity index (χ0v) is 19.8. The molecule has 0 aliphatic carbocycles. The summed E-state index contributed by atoms with van der Waals surface area (Å²) >= 11 is 7.38. The van der Waals surface area contributed by atoms with Crippen LogP contribution in [0.1, 0.15) is 11.3 Å². The van der Waals surface area contributed by atoms with Gasteiger partial charge in [0.25, 0.3) is 0 Å². The van der Waals surface area contributed by atoms with E-state index < -0.39 is 10.0 Å². The Labute approximate surface area is 196 Å². The minimum atomic E-state index is -3.66. The fourth-order valence-corrected chi connectivity index (χ4v) is 5.98. The van der Waals surface area contributed by atoms with Crippen molar-refractivity contribution >= 4 is 44.6 Å². The van der Waals surface area contributed by atoms with Crippen LogP contribution < -0.4 is 5.32 Å². The first kappa shape index (κ1) is 22.9. The number of benzene rings is 2. The van der Waals surface area contributed by atoms with Crippen molar-refractivity contribution < 1.29 is 17.9 Å². The molecular formula is C22H22ClN3O4S2. The number of sulfonamides is 1. The zero-order valence-electron chi connectivity index (χ0n) is 17.4. The number of carbonyl (C=O) groups excluding carboxylic acids is 1. The van der Waals surface area contributed by atoms with E-state index in [1.807, 2.05) is 17.5 Å². The number of aromatic nitrogens is 1. The van der Waals surface area contributed by atoms with Gasteiger partial charge in [-0.05, 0) is 36.8 Å². The maximum Gasteiger partial charge on any atom is 0.243 e. The molecule has 168 valence electrons. The lowest BCUT2D eigenvalue weighted by Crippen LogP contribution is -2.40. The van der Waals surface area contributed by atoms with Crippen LogP contribution in [0.4, 0.5) is 5.69 Å². The molecule has 1 amide bonds. The minimum Gasteiger partial charge on any atom is -0.379 e. The van der Waals surface area contributed by atoms with Crippen LogP contribution in [0.25, 0.3) is 10.6 Å². The molecule has 0 saturated carbocycles. The van der Waals surface area contributed by atoms with Crippen molar-refractivity contribution in [3.63, 3.8) is 0 Å². The standard InChI is InChI=1S/C22H22ClN3O4S2/c1-15-2-7-18(12-20(15)32(28,29)26-8-10-30-11-9-26)24-21(27)13-19-14-31-22(25-19)16-3-5-17(23)6-4-16/h2-7,12,14H,8-11,13H2,1H3,(H,24,27). The van der Waals surface area contributed by atoms with Crippen molar-refractivity contribution in [2.75, 3.05) is 31.6 Å². The largest absolute Gasteiger partial charge is 0.379 e. The molecule has 1 aromatic heterocycles. The maximum atomic E-state index is 13.0. The van der Waals surface area contributed by atoms with E-state index in [9.17, 15) is 13.2 Å². The number of morpholine rings is 1. The highest BCUT2D eigenvalue weighted by atomic mass is 35.5. The normalized spacial score (nSPS) is 14.9. The smallest absolute Gasteiger partial charge is 0.243 e. The van der Waals surface area contributed by atoms with Gasteiger partial charge >= 0.3 is 0 Å². The van der Waals surface area contributed by atoms with Crippen LogP contribution in [0, 0.1) is 6.92 Å². The van der Waals surface area contributed by atoms with Gasteiger partial charge in [-0.3, -0.25) is 4.79 Å². The molecular weight excluding hydrogens is 470 g/mol. The molecule has 0 atom stereocenters. The van der Waals surface area contributed by atoms with Gasteiger partial charge in [0.05, 0.1) is 30.2 Å². The molecule has 0 spiro atoms. The van der Waals surface area contributed by atoms with Crippen molar-refractivity contribution in [2.45, 2.75) is 18.2 Å². The first-order valence-electron chi connectivity index (χ1n) is 10.0. The van der Waals surface area contributed by atoms with E-state index in [4.69, 9.17) is 16.3 Å². The molecule has 1 saturated heterocycles. The number of hydrogen-bond acceptors (Lipinski definition) is 6. The number of carbonyl (C=O) groups is 1. The molecule has 3 aromatic rings. The van der Waals surface area contributed by atoms with Crippen LogP contribution >= 0.6 is 22.9 Å². The Morgan fingerprint density at radius 3 is 2.62 bits per heavy atom. The molecule has 1 N–H and O–H groups in total. The molecule has 0 radical (unpaired) electrons. The van der Waals surface area contributed by atoms with E-state index in [1.54, 1.807) is 31.2 Å². The number of nitrogens with one attached hydrogen (secondary N) is 1. The number of halogens is 1. The summed E-state index contributed by atoms with van der Waals surface area (Å²) in [4.78, 5) is 17.3. The number of hydrogen-bond donors (Lipinski definition) is 1. The summed E-state index contributed by atoms with van der Waals surface area (Å²) in [5.41, 5.74) is 2.63. The summed E-state index contributed by atoms with van der Waals surface area (Å²) in [7, 11) is -3.66. The molecule has 10 heteroatoms. The first-order chi connectivity index (χ1) is 15.3. The van der Waals surface area contributed by atoms with Gasteiger partial charge in [-0.15, -0.1) is 11.3 Å². The number of nitrogens with zero attached hydrogens (tertiary/aromatic N) is 2. The Morgan fingerprint density at radius 2 is 1.91 bits per heavy atom. The van der Waals surface area contributed by atoms with Crippen LogP contribution in [0.5, 0.6) is 0 Å². The zero-order chi connectivity index (χ0) is 22.7. The molecule has 7 nitrogen and oxygen atoms in total. The van der Waals surface area contributed by atoms with Crippen LogP contribution in [0.3, 0.4) is 0 Å². The number of aryl methyl sites for hydroxylation is 1. The van der Waals surface area contributed by atoms with E-state index in [1.165, 1.54) is 21.7 Å². The number of thiazole rings is 1. The second-order valence-corrected chi connectivity index (χ2v) is 10.6. The van der Waals surface area contributed by atoms with Gasteiger partial charge in [0, 0.05) is 34.7 Å². The van der Waals surface area contributed by atoms with Crippen molar-refractivity contribution in [3.8, 4) is 10.6 Å². The lowest BCUT2D eigenvalue weighted by atomic mass is 10.2. The van der Waals surface area contributed by atoms with Gasteiger partial charge < -0.3 is 10.1 Å². The highest BCUT2D eigenvalue weighted by molar-refractivity contribution is 7.89. The Kier molecular flexibility index (Phi) is 6.92. The van der Waals surface area contributed by atoms with Crippen molar-refractivity contribution in [2.24, 2.45) is 0 Å². The van der Waals surface area contributed by atoms with Crippen molar-refractivity contribution in [1.29, 1.82) is 0 Å². The monoisotopic (exact) mass is 491 g/mol. The van der Waals surface area contributed by atoms with Gasteiger partial charge in [0.1, 0.15) is 5.01 Å². The quantitative estimate of drug-likeness (QED) is 0.563. The third-order valence-corrected chi connectivity index (χ3v) is 8.28. The third-order valence-electron chi connectivity index (χ3n) is 5.04. The average molecular weight is 492 g/mol. The van der Waals surface area contributed by atoms with E-state index in [-0.39, 0.29) is 17.2 Å². The molecule has 1 fully saturated rings. The molecule has 2 aromatic carbocycles. The maximum absolute atomic E-state index is 13.0. The van der Waals surface area contributed by atoms with Gasteiger partial charge in [-0.1, -0.05) is 29.8 Å². The SMILES string of the molecule is Cc1ccc(NC(=O)Cc2csc(-c3ccc(Cl)cc3)n2)cc1S(=O)(=O)N1CCOCC1. The number of rotatable bonds is 6. The molecule has 1 aliphatic heterocycles. The molecule has 2 heterocycles.